The molecule has 0 bridgehead atoms. The SMILES string of the molecule is CC#N.COCC(=O)O. The van der Waals surface area contributed by atoms with Gasteiger partial charge >= 0.3 is 5.97 Å². The van der Waals surface area contributed by atoms with E-state index < -0.39 is 5.97 Å². The average molecular weight is 131 g/mol. The zero-order valence-electron chi connectivity index (χ0n) is 5.42. The van der Waals surface area contributed by atoms with E-state index in [2.05, 4.69) is 4.74 Å². The van der Waals surface area contributed by atoms with E-state index in [1.54, 1.807) is 6.07 Å². The number of aliphatic carboxylic acids is 1. The molecule has 0 saturated carbocycles. The summed E-state index contributed by atoms with van der Waals surface area (Å²) < 4.78 is 4.20. The van der Waals surface area contributed by atoms with Gasteiger partial charge in [-0.05, 0) is 0 Å². The lowest BCUT2D eigenvalue weighted by Gasteiger charge is -1.83. The van der Waals surface area contributed by atoms with Crippen molar-refractivity contribution in [1.82, 2.24) is 0 Å². The summed E-state index contributed by atoms with van der Waals surface area (Å²) in [6, 6.07) is 1.75. The lowest BCUT2D eigenvalue weighted by Crippen LogP contribution is -2.02. The van der Waals surface area contributed by atoms with Crippen molar-refractivity contribution in [2.45, 2.75) is 6.92 Å². The molecule has 0 aliphatic heterocycles. The highest BCUT2D eigenvalue weighted by Crippen LogP contribution is 1.61. The topological polar surface area (TPSA) is 70.3 Å². The third-order valence-electron chi connectivity index (χ3n) is 0.268. The van der Waals surface area contributed by atoms with Crippen LogP contribution in [0.2, 0.25) is 0 Å². The number of hydrogen-bond donors (Lipinski definition) is 1. The van der Waals surface area contributed by atoms with Crippen LogP contribution < -0.4 is 0 Å². The molecule has 0 aliphatic carbocycles. The number of hydrogen-bond acceptors (Lipinski definition) is 3. The van der Waals surface area contributed by atoms with Crippen LogP contribution in [0.3, 0.4) is 0 Å². The van der Waals surface area contributed by atoms with Crippen LogP contribution >= 0.6 is 0 Å². The van der Waals surface area contributed by atoms with Crippen molar-refractivity contribution in [3.63, 3.8) is 0 Å². The molecule has 0 saturated heterocycles. The number of carboxylic acids is 1. The molecule has 0 atom stereocenters. The summed E-state index contributed by atoms with van der Waals surface area (Å²) in [5, 5.41) is 15.1. The molecule has 0 radical (unpaired) electrons. The molecule has 4 nitrogen and oxygen atoms in total. The summed E-state index contributed by atoms with van der Waals surface area (Å²) in [5.74, 6) is -0.933. The van der Waals surface area contributed by atoms with Crippen LogP contribution in [0.1, 0.15) is 6.92 Å². The van der Waals surface area contributed by atoms with E-state index in [1.807, 2.05) is 0 Å². The van der Waals surface area contributed by atoms with Crippen molar-refractivity contribution < 1.29 is 14.6 Å². The molecule has 1 N–H and O–H groups in total. The van der Waals surface area contributed by atoms with E-state index in [4.69, 9.17) is 10.4 Å². The summed E-state index contributed by atoms with van der Waals surface area (Å²) >= 11 is 0. The monoisotopic (exact) mass is 131 g/mol. The van der Waals surface area contributed by atoms with E-state index >= 15 is 0 Å². The molecule has 0 aromatic heterocycles. The Kier molecular flexibility index (Phi) is 12.0. The van der Waals surface area contributed by atoms with Gasteiger partial charge in [0.05, 0.1) is 6.07 Å². The second kappa shape index (κ2) is 10.0. The molecule has 0 fully saturated rings. The Labute approximate surface area is 53.7 Å². The maximum absolute atomic E-state index is 9.47. The molecule has 52 valence electrons. The van der Waals surface area contributed by atoms with Crippen LogP contribution in [0.4, 0.5) is 0 Å². The molecule has 0 heterocycles. The minimum Gasteiger partial charge on any atom is -0.480 e. The zero-order chi connectivity index (χ0) is 7.70. The van der Waals surface area contributed by atoms with Crippen LogP contribution in [-0.2, 0) is 9.53 Å². The van der Waals surface area contributed by atoms with Gasteiger partial charge in [-0.15, -0.1) is 0 Å². The molecule has 0 amide bonds. The standard InChI is InChI=1S/C3H6O3.C2H3N/c1-6-2-3(4)5;1-2-3/h2H2,1H3,(H,4,5);1H3. The molecule has 0 rings (SSSR count). The molecule has 0 spiro atoms. The Morgan fingerprint density at radius 3 is 2.22 bits per heavy atom. The van der Waals surface area contributed by atoms with E-state index in [0.29, 0.717) is 0 Å². The normalized spacial score (nSPS) is 6.33. The maximum Gasteiger partial charge on any atom is 0.329 e. The highest BCUT2D eigenvalue weighted by molar-refractivity contribution is 5.67. The van der Waals surface area contributed by atoms with Crippen LogP contribution in [0, 0.1) is 11.3 Å². The van der Waals surface area contributed by atoms with E-state index in [0.717, 1.165) is 0 Å². The second-order valence-corrected chi connectivity index (χ2v) is 1.05. The first-order valence-electron chi connectivity index (χ1n) is 2.20. The van der Waals surface area contributed by atoms with Gasteiger partial charge in [-0.2, -0.15) is 5.26 Å². The predicted octanol–water partition coefficient (Wildman–Crippen LogP) is 0.247. The highest BCUT2D eigenvalue weighted by Gasteiger charge is 1.87. The van der Waals surface area contributed by atoms with Gasteiger partial charge in [-0.1, -0.05) is 0 Å². The molecule has 4 heteroatoms. The zero-order valence-corrected chi connectivity index (χ0v) is 5.42. The highest BCUT2D eigenvalue weighted by atomic mass is 16.5. The smallest absolute Gasteiger partial charge is 0.329 e. The van der Waals surface area contributed by atoms with Crippen LogP contribution in [0.15, 0.2) is 0 Å². The Balaban J connectivity index is 0. The van der Waals surface area contributed by atoms with Gasteiger partial charge in [0.2, 0.25) is 0 Å². The lowest BCUT2D eigenvalue weighted by atomic mass is 10.8. The van der Waals surface area contributed by atoms with Crippen molar-refractivity contribution in [3.8, 4) is 6.07 Å². The first-order chi connectivity index (χ1) is 4.18. The van der Waals surface area contributed by atoms with Crippen LogP contribution in [0.5, 0.6) is 0 Å². The van der Waals surface area contributed by atoms with Crippen LogP contribution in [0.25, 0.3) is 0 Å². The summed E-state index contributed by atoms with van der Waals surface area (Å²) in [4.78, 5) is 9.47. The quantitative estimate of drug-likeness (QED) is 0.583. The summed E-state index contributed by atoms with van der Waals surface area (Å²) in [7, 11) is 1.34. The number of nitriles is 1. The number of rotatable bonds is 2. The fourth-order valence-electron chi connectivity index (χ4n) is 0.123. The molecule has 0 aromatic rings. The fraction of sp³-hybridized carbons (Fsp3) is 0.600. The van der Waals surface area contributed by atoms with E-state index in [1.165, 1.54) is 14.0 Å². The van der Waals surface area contributed by atoms with Crippen molar-refractivity contribution in [2.75, 3.05) is 13.7 Å². The van der Waals surface area contributed by atoms with Gasteiger partial charge in [-0.25, -0.2) is 4.79 Å². The second-order valence-electron chi connectivity index (χ2n) is 1.05. The molecule has 0 aromatic carbocycles. The summed E-state index contributed by atoms with van der Waals surface area (Å²) in [5.41, 5.74) is 0. The Morgan fingerprint density at radius 1 is 1.89 bits per heavy atom. The van der Waals surface area contributed by atoms with Crippen molar-refractivity contribution in [2.24, 2.45) is 0 Å². The largest absolute Gasteiger partial charge is 0.480 e. The first-order valence-corrected chi connectivity index (χ1v) is 2.20. The third kappa shape index (κ3) is 45.4. The minimum absolute atomic E-state index is 0.208. The average Bonchev–Trinajstić information content (AvgIpc) is 1.67. The Bertz CT molecular complexity index is 105. The molecule has 0 unspecified atom stereocenters. The van der Waals surface area contributed by atoms with Gasteiger partial charge < -0.3 is 9.84 Å². The number of methoxy groups -OCH3 is 1. The molecular weight excluding hydrogens is 122 g/mol. The van der Waals surface area contributed by atoms with Crippen LogP contribution in [-0.4, -0.2) is 24.8 Å². The Hall–Kier alpha value is -1.08. The fourth-order valence-corrected chi connectivity index (χ4v) is 0.123. The van der Waals surface area contributed by atoms with Crippen molar-refractivity contribution in [1.29, 1.82) is 5.26 Å². The number of carbonyl (C=O) groups is 1. The van der Waals surface area contributed by atoms with Crippen molar-refractivity contribution in [3.05, 3.63) is 0 Å². The van der Waals surface area contributed by atoms with Crippen molar-refractivity contribution >= 4 is 5.97 Å². The number of carboxylic acid groups (broad SMARTS) is 1. The van der Waals surface area contributed by atoms with Gasteiger partial charge in [0.15, 0.2) is 0 Å². The van der Waals surface area contributed by atoms with E-state index in [9.17, 15) is 4.79 Å². The van der Waals surface area contributed by atoms with Gasteiger partial charge in [-0.3, -0.25) is 0 Å². The minimum atomic E-state index is -0.933. The maximum atomic E-state index is 9.47. The predicted molar refractivity (Wildman–Crippen MR) is 30.8 cm³/mol. The lowest BCUT2D eigenvalue weighted by molar-refractivity contribution is -0.141. The molecular formula is C5H9NO3. The van der Waals surface area contributed by atoms with Gasteiger partial charge in [0.25, 0.3) is 0 Å². The Morgan fingerprint density at radius 2 is 2.22 bits per heavy atom. The summed E-state index contributed by atoms with van der Waals surface area (Å²) in [6.45, 7) is 1.22. The first kappa shape index (κ1) is 10.8. The number of nitrogens with zero attached hydrogens (tertiary/aromatic N) is 1. The van der Waals surface area contributed by atoms with Gasteiger partial charge in [0.1, 0.15) is 6.61 Å². The van der Waals surface area contributed by atoms with Gasteiger partial charge in [0, 0.05) is 14.0 Å². The third-order valence-corrected chi connectivity index (χ3v) is 0.268. The molecule has 9 heavy (non-hydrogen) atoms. The summed E-state index contributed by atoms with van der Waals surface area (Å²) in [6.07, 6.45) is 0. The molecule has 0 aliphatic rings. The number of ether oxygens (including phenoxy) is 1. The van der Waals surface area contributed by atoms with E-state index in [-0.39, 0.29) is 6.61 Å².